The molecule has 1 unspecified atom stereocenters. The second-order valence-corrected chi connectivity index (χ2v) is 3.15. The zero-order valence-electron chi connectivity index (χ0n) is 8.62. The predicted molar refractivity (Wildman–Crippen MR) is 55.3 cm³/mol. The molecule has 0 amide bonds. The molecule has 1 heterocycles. The maximum absolute atomic E-state index is 5.61. The van der Waals surface area contributed by atoms with Gasteiger partial charge in [-0.3, -0.25) is 0 Å². The maximum atomic E-state index is 5.61. The molecule has 2 nitrogen and oxygen atoms in total. The largest absolute Gasteiger partial charge is 2.00 e. The van der Waals surface area contributed by atoms with E-state index in [0.29, 0.717) is 0 Å². The minimum absolute atomic E-state index is 0. The Hall–Kier alpha value is 0.226. The molecule has 1 aliphatic heterocycles. The third-order valence-electron chi connectivity index (χ3n) is 2.09. The smallest absolute Gasteiger partial charge is 1.00 e. The van der Waals surface area contributed by atoms with Crippen molar-refractivity contribution in [3.63, 3.8) is 0 Å². The van der Waals surface area contributed by atoms with Gasteiger partial charge in [-0.15, -0.1) is 12.1 Å². The van der Waals surface area contributed by atoms with Crippen LogP contribution in [0.1, 0.15) is 19.3 Å². The van der Waals surface area contributed by atoms with Crippen LogP contribution in [0.15, 0.2) is 24.3 Å². The first-order valence-electron chi connectivity index (χ1n) is 4.69. The van der Waals surface area contributed by atoms with Gasteiger partial charge in [0.25, 0.3) is 0 Å². The van der Waals surface area contributed by atoms with E-state index in [-0.39, 0.29) is 46.3 Å². The van der Waals surface area contributed by atoms with Gasteiger partial charge >= 0.3 is 23.1 Å². The summed E-state index contributed by atoms with van der Waals surface area (Å²) in [5, 5.41) is 0. The first-order chi connectivity index (χ1) is 6.45. The standard InChI is InChI=1S/C11H13O2.BrH.Mg/c1-2-6-10(7-3-1)13-11-8-4-5-9-12-11;;/h2-3,6-7,11H,4-5,8-9H2;1H;/q-1;;+2/p-1. The van der Waals surface area contributed by atoms with Crippen molar-refractivity contribution >= 4 is 23.1 Å². The summed E-state index contributed by atoms with van der Waals surface area (Å²) in [7, 11) is 0. The molecule has 1 saturated heterocycles. The van der Waals surface area contributed by atoms with Gasteiger partial charge in [-0.25, -0.2) is 0 Å². The van der Waals surface area contributed by atoms with Crippen molar-refractivity contribution in [2.24, 2.45) is 0 Å². The predicted octanol–water partition coefficient (Wildman–Crippen LogP) is -0.985. The van der Waals surface area contributed by atoms with Crippen LogP contribution in [0.3, 0.4) is 0 Å². The van der Waals surface area contributed by atoms with Crippen molar-refractivity contribution in [2.45, 2.75) is 25.6 Å². The molecule has 4 heteroatoms. The van der Waals surface area contributed by atoms with E-state index < -0.39 is 0 Å². The van der Waals surface area contributed by atoms with Gasteiger partial charge in [0.15, 0.2) is 6.29 Å². The fraction of sp³-hybridized carbons (Fsp3) is 0.455. The van der Waals surface area contributed by atoms with E-state index in [1.807, 2.05) is 24.3 Å². The van der Waals surface area contributed by atoms with Crippen LogP contribution in [0.4, 0.5) is 0 Å². The van der Waals surface area contributed by atoms with Crippen LogP contribution < -0.4 is 21.7 Å². The number of ether oxygens (including phenoxy) is 2. The van der Waals surface area contributed by atoms with Gasteiger partial charge in [0.05, 0.1) is 6.61 Å². The molecule has 1 atom stereocenters. The van der Waals surface area contributed by atoms with Gasteiger partial charge in [0.2, 0.25) is 0 Å². The second-order valence-electron chi connectivity index (χ2n) is 3.15. The van der Waals surface area contributed by atoms with Crippen LogP contribution >= 0.6 is 0 Å². The Bertz CT molecular complexity index is 250. The maximum Gasteiger partial charge on any atom is 2.00 e. The quantitative estimate of drug-likeness (QED) is 0.512. The average molecular weight is 281 g/mol. The number of hydrogen-bond acceptors (Lipinski definition) is 2. The van der Waals surface area contributed by atoms with Crippen LogP contribution in [-0.4, -0.2) is 35.9 Å². The molecule has 15 heavy (non-hydrogen) atoms. The Labute approximate surface area is 117 Å². The van der Waals surface area contributed by atoms with Gasteiger partial charge in [-0.1, -0.05) is 0 Å². The Morgan fingerprint density at radius 3 is 2.60 bits per heavy atom. The van der Waals surface area contributed by atoms with Crippen LogP contribution in [0.5, 0.6) is 5.75 Å². The molecule has 0 saturated carbocycles. The molecule has 0 bridgehead atoms. The van der Waals surface area contributed by atoms with Gasteiger partial charge in [0, 0.05) is 12.2 Å². The van der Waals surface area contributed by atoms with Crippen LogP contribution in [0.2, 0.25) is 0 Å². The fourth-order valence-electron chi connectivity index (χ4n) is 1.41. The molecule has 1 aromatic carbocycles. The Balaban J connectivity index is 0.000000980. The summed E-state index contributed by atoms with van der Waals surface area (Å²) < 4.78 is 11.1. The van der Waals surface area contributed by atoms with E-state index in [2.05, 4.69) is 6.07 Å². The summed E-state index contributed by atoms with van der Waals surface area (Å²) in [5.41, 5.74) is 0. The fourth-order valence-corrected chi connectivity index (χ4v) is 1.41. The molecule has 0 aliphatic carbocycles. The van der Waals surface area contributed by atoms with Gasteiger partial charge in [-0.05, 0) is 12.8 Å². The number of rotatable bonds is 2. The van der Waals surface area contributed by atoms with Gasteiger partial charge in [-0.2, -0.15) is 18.2 Å². The number of hydrogen-bond donors (Lipinski definition) is 0. The molecule has 0 spiro atoms. The van der Waals surface area contributed by atoms with E-state index in [0.717, 1.165) is 25.2 Å². The normalized spacial score (nSPS) is 19.6. The van der Waals surface area contributed by atoms with Crippen molar-refractivity contribution in [2.75, 3.05) is 6.61 Å². The van der Waals surface area contributed by atoms with Crippen molar-refractivity contribution in [1.82, 2.24) is 0 Å². The molecular weight excluding hydrogens is 268 g/mol. The zero-order chi connectivity index (χ0) is 8.93. The van der Waals surface area contributed by atoms with Crippen LogP contribution in [0, 0.1) is 6.07 Å². The molecule has 2 rings (SSSR count). The van der Waals surface area contributed by atoms with E-state index in [1.54, 1.807) is 0 Å². The minimum atomic E-state index is -0.0452. The molecule has 1 fully saturated rings. The summed E-state index contributed by atoms with van der Waals surface area (Å²) in [4.78, 5) is 0. The molecule has 78 valence electrons. The summed E-state index contributed by atoms with van der Waals surface area (Å²) >= 11 is 0. The molecule has 0 N–H and O–H groups in total. The zero-order valence-corrected chi connectivity index (χ0v) is 11.6. The van der Waals surface area contributed by atoms with Gasteiger partial charge in [0.1, 0.15) is 0 Å². The molecule has 1 aromatic rings. The monoisotopic (exact) mass is 280 g/mol. The van der Waals surface area contributed by atoms with Crippen molar-refractivity contribution in [3.05, 3.63) is 30.3 Å². The van der Waals surface area contributed by atoms with Crippen LogP contribution in [0.25, 0.3) is 0 Å². The molecular formula is C11H13BrMgO2. The van der Waals surface area contributed by atoms with E-state index in [9.17, 15) is 0 Å². The Morgan fingerprint density at radius 1 is 1.27 bits per heavy atom. The molecule has 1 aliphatic rings. The third kappa shape index (κ3) is 5.20. The summed E-state index contributed by atoms with van der Waals surface area (Å²) in [6, 6.07) is 10.4. The summed E-state index contributed by atoms with van der Waals surface area (Å²) in [6.45, 7) is 0.823. The van der Waals surface area contributed by atoms with E-state index in [4.69, 9.17) is 9.47 Å². The Morgan fingerprint density at radius 2 is 2.00 bits per heavy atom. The SMILES string of the molecule is [Br-].[Mg+2].[c-]1ccc(OC2CCCCO2)cc1. The van der Waals surface area contributed by atoms with Crippen molar-refractivity contribution in [1.29, 1.82) is 0 Å². The second kappa shape index (κ2) is 8.39. The number of halogens is 1. The summed E-state index contributed by atoms with van der Waals surface area (Å²) in [5.74, 6) is 0.866. The van der Waals surface area contributed by atoms with E-state index in [1.165, 1.54) is 6.42 Å². The molecule has 0 aromatic heterocycles. The van der Waals surface area contributed by atoms with Crippen molar-refractivity contribution in [3.8, 4) is 5.75 Å². The Kier molecular flexibility index (Phi) is 8.51. The topological polar surface area (TPSA) is 18.5 Å². The average Bonchev–Trinajstić information content (AvgIpc) is 2.21. The third-order valence-corrected chi connectivity index (χ3v) is 2.09. The summed E-state index contributed by atoms with van der Waals surface area (Å²) in [6.07, 6.45) is 3.31. The minimum Gasteiger partial charge on any atom is -1.00 e. The molecule has 0 radical (unpaired) electrons. The number of benzene rings is 1. The first-order valence-corrected chi connectivity index (χ1v) is 4.69. The first kappa shape index (κ1) is 15.2. The van der Waals surface area contributed by atoms with Crippen LogP contribution in [-0.2, 0) is 4.74 Å². The van der Waals surface area contributed by atoms with Crippen molar-refractivity contribution < 1.29 is 26.5 Å². The van der Waals surface area contributed by atoms with Gasteiger partial charge < -0.3 is 26.5 Å². The van der Waals surface area contributed by atoms with E-state index >= 15 is 0 Å².